The molecule has 1 aliphatic carbocycles. The fourth-order valence-corrected chi connectivity index (χ4v) is 14.1. The van der Waals surface area contributed by atoms with Crippen LogP contribution in [0.25, 0.3) is 0 Å². The Morgan fingerprint density at radius 3 is 1.23 bits per heavy atom. The molecule has 434 valence electrons. The monoisotopic (exact) mass is 1050 g/mol. The SMILES string of the molecule is CC(C)N1CCC(N(C)Cc2ccccc2)CC1.CC(C)N1CCC(N2CCCC2)C1.CC(C)N1CCC(N2CCCCC2)C1.CC(C)N1CCC(NCC2CC2)CC1.CC1CC(C)CN(C2CCN(C(C)C)C2)C1. The first-order valence-electron chi connectivity index (χ1n) is 32.4. The van der Waals surface area contributed by atoms with E-state index in [2.05, 4.69) is 170 Å². The van der Waals surface area contributed by atoms with Gasteiger partial charge in [0.2, 0.25) is 0 Å². The van der Waals surface area contributed by atoms with Crippen LogP contribution >= 0.6 is 0 Å². The highest BCUT2D eigenvalue weighted by Gasteiger charge is 2.34. The van der Waals surface area contributed by atoms with Crippen LogP contribution in [0, 0.1) is 17.8 Å². The largest absolute Gasteiger partial charge is 0.314 e. The van der Waals surface area contributed by atoms with Gasteiger partial charge in [0.25, 0.3) is 0 Å². The average molecular weight is 1050 g/mol. The molecular weight excluding hydrogens is 921 g/mol. The van der Waals surface area contributed by atoms with Crippen LogP contribution in [0.2, 0.25) is 0 Å². The van der Waals surface area contributed by atoms with Crippen LogP contribution in [0.3, 0.4) is 0 Å². The normalized spacial score (nSPS) is 29.0. The Kier molecular flexibility index (Phi) is 27.7. The minimum Gasteiger partial charge on any atom is -0.314 e. The van der Waals surface area contributed by atoms with E-state index in [0.717, 1.165) is 78.7 Å². The summed E-state index contributed by atoms with van der Waals surface area (Å²) in [7, 11) is 2.27. The van der Waals surface area contributed by atoms with Gasteiger partial charge in [0.1, 0.15) is 0 Å². The maximum absolute atomic E-state index is 3.72. The molecule has 0 aromatic heterocycles. The molecule has 10 nitrogen and oxygen atoms in total. The first-order valence-corrected chi connectivity index (χ1v) is 32.4. The zero-order valence-corrected chi connectivity index (χ0v) is 51.8. The van der Waals surface area contributed by atoms with Crippen LogP contribution in [0.1, 0.15) is 185 Å². The van der Waals surface area contributed by atoms with Crippen molar-refractivity contribution in [2.75, 3.05) is 118 Å². The number of hydrogen-bond donors (Lipinski definition) is 1. The number of hydrogen-bond acceptors (Lipinski definition) is 10. The van der Waals surface area contributed by atoms with Gasteiger partial charge >= 0.3 is 0 Å². The van der Waals surface area contributed by atoms with Crippen molar-refractivity contribution in [1.82, 2.24) is 49.4 Å². The lowest BCUT2D eigenvalue weighted by Crippen LogP contribution is -2.46. The maximum Gasteiger partial charge on any atom is 0.0235 e. The number of piperidine rings is 4. The first kappa shape index (κ1) is 63.0. The van der Waals surface area contributed by atoms with Crippen LogP contribution in [-0.4, -0.2) is 223 Å². The summed E-state index contributed by atoms with van der Waals surface area (Å²) in [5, 5.41) is 3.72. The van der Waals surface area contributed by atoms with Crippen molar-refractivity contribution in [3.63, 3.8) is 0 Å². The molecule has 0 radical (unpaired) electrons. The Labute approximate surface area is 465 Å². The van der Waals surface area contributed by atoms with Gasteiger partial charge in [0.05, 0.1) is 0 Å². The van der Waals surface area contributed by atoms with Crippen molar-refractivity contribution < 1.29 is 0 Å². The summed E-state index contributed by atoms with van der Waals surface area (Å²) in [5.41, 5.74) is 1.42. The lowest BCUT2D eigenvalue weighted by atomic mass is 9.91. The Morgan fingerprint density at radius 2 is 0.827 bits per heavy atom. The van der Waals surface area contributed by atoms with Crippen molar-refractivity contribution in [2.45, 2.75) is 246 Å². The third-order valence-electron chi connectivity index (χ3n) is 19.5. The van der Waals surface area contributed by atoms with Crippen molar-refractivity contribution in [3.8, 4) is 0 Å². The predicted octanol–water partition coefficient (Wildman–Crippen LogP) is 10.8. The molecule has 5 unspecified atom stereocenters. The molecule has 75 heavy (non-hydrogen) atoms. The summed E-state index contributed by atoms with van der Waals surface area (Å²) in [6.45, 7) is 51.4. The fourth-order valence-electron chi connectivity index (χ4n) is 14.1. The fraction of sp³-hybridized carbons (Fsp3) is 0.908. The predicted molar refractivity (Wildman–Crippen MR) is 324 cm³/mol. The molecule has 0 bridgehead atoms. The summed E-state index contributed by atoms with van der Waals surface area (Å²) >= 11 is 0. The van der Waals surface area contributed by atoms with E-state index >= 15 is 0 Å². The van der Waals surface area contributed by atoms with E-state index in [1.54, 1.807) is 0 Å². The standard InChI is InChI=1S/C16H26N2.C14H28N2.2C12H24N2.C11H22N2/c1-14(2)18-11-9-16(10-12-18)17(3)13-15-7-5-4-6-8-15;1-11(2)15-6-5-14(10-15)16-8-12(3)7-13(4)9-16;1-10(2)14-7-5-12(6-8-14)13-9-11-3-4-11;1-11(2)14-9-6-12(10-14)13-7-4-3-5-8-13;1-10(2)13-8-5-11(9-13)12-6-3-4-7-12/h4-8,14,16H,9-13H2,1-3H3;11-14H,5-10H2,1-4H3;10-13H,3-9H2,1-2H3;11-12H,3-10H2,1-2H3;10-11H,3-9H2,1-2H3. The van der Waals surface area contributed by atoms with Gasteiger partial charge in [0.15, 0.2) is 0 Å². The maximum atomic E-state index is 3.72. The second kappa shape index (κ2) is 32.9. The second-order valence-electron chi connectivity index (χ2n) is 27.4. The van der Waals surface area contributed by atoms with Gasteiger partial charge in [-0.15, -0.1) is 0 Å². The smallest absolute Gasteiger partial charge is 0.0235 e. The minimum absolute atomic E-state index is 0.699. The van der Waals surface area contributed by atoms with Gasteiger partial charge in [-0.2, -0.15) is 0 Å². The van der Waals surface area contributed by atoms with Crippen molar-refractivity contribution in [3.05, 3.63) is 35.9 Å². The van der Waals surface area contributed by atoms with E-state index < -0.39 is 0 Å². The number of nitrogens with one attached hydrogen (secondary N) is 1. The van der Waals surface area contributed by atoms with Gasteiger partial charge < -0.3 is 15.1 Å². The number of rotatable bonds is 14. The highest BCUT2D eigenvalue weighted by molar-refractivity contribution is 5.14. The molecule has 9 aliphatic rings. The zero-order chi connectivity index (χ0) is 53.9. The molecule has 0 amide bonds. The first-order chi connectivity index (χ1) is 36.0. The summed E-state index contributed by atoms with van der Waals surface area (Å²) in [6, 6.07) is 18.6. The Hall–Kier alpha value is -1.18. The second-order valence-corrected chi connectivity index (χ2v) is 27.4. The molecular formula is C65H124N10. The third kappa shape index (κ3) is 22.0. The molecule has 1 N–H and O–H groups in total. The van der Waals surface area contributed by atoms with E-state index in [1.807, 2.05) is 0 Å². The molecule has 8 saturated heterocycles. The topological polar surface area (TPSA) is 41.2 Å². The molecule has 1 aromatic rings. The highest BCUT2D eigenvalue weighted by atomic mass is 15.3. The summed E-state index contributed by atoms with van der Waals surface area (Å²) < 4.78 is 0. The molecule has 9 fully saturated rings. The van der Waals surface area contributed by atoms with E-state index in [-0.39, 0.29) is 0 Å². The van der Waals surface area contributed by atoms with E-state index in [1.165, 1.54) is 213 Å². The van der Waals surface area contributed by atoms with Crippen molar-refractivity contribution >= 4 is 0 Å². The molecule has 0 spiro atoms. The Morgan fingerprint density at radius 1 is 0.440 bits per heavy atom. The summed E-state index contributed by atoms with van der Waals surface area (Å²) in [6.07, 6.45) is 21.0. The Balaban J connectivity index is 0.000000153. The minimum atomic E-state index is 0.699. The van der Waals surface area contributed by atoms with Crippen molar-refractivity contribution in [1.29, 1.82) is 0 Å². The third-order valence-corrected chi connectivity index (χ3v) is 19.5. The van der Waals surface area contributed by atoms with Gasteiger partial charge in [-0.25, -0.2) is 0 Å². The molecule has 1 aromatic carbocycles. The number of benzene rings is 1. The molecule has 1 saturated carbocycles. The lowest BCUT2D eigenvalue weighted by Gasteiger charge is -2.39. The summed E-state index contributed by atoms with van der Waals surface area (Å²) in [5.74, 6) is 2.83. The molecule has 5 atom stereocenters. The van der Waals surface area contributed by atoms with Gasteiger partial charge in [-0.1, -0.05) is 50.6 Å². The van der Waals surface area contributed by atoms with Gasteiger partial charge in [0, 0.05) is 119 Å². The molecule has 8 heterocycles. The Bertz CT molecular complexity index is 1600. The molecule has 10 heteroatoms. The highest BCUT2D eigenvalue weighted by Crippen LogP contribution is 2.29. The van der Waals surface area contributed by atoms with E-state index in [0.29, 0.717) is 6.04 Å². The average Bonchev–Trinajstić information content (AvgIpc) is 3.96. The number of likely N-dealkylation sites (tertiary alicyclic amines) is 8. The van der Waals surface area contributed by atoms with Gasteiger partial charge in [-0.3, -0.25) is 34.3 Å². The number of nitrogens with zero attached hydrogens (tertiary/aromatic N) is 9. The summed E-state index contributed by atoms with van der Waals surface area (Å²) in [4.78, 5) is 23.8. The lowest BCUT2D eigenvalue weighted by molar-refractivity contribution is 0.0953. The molecule has 10 rings (SSSR count). The zero-order valence-electron chi connectivity index (χ0n) is 51.8. The van der Waals surface area contributed by atoms with E-state index in [9.17, 15) is 0 Å². The van der Waals surface area contributed by atoms with Crippen LogP contribution in [0.15, 0.2) is 30.3 Å². The van der Waals surface area contributed by atoms with Crippen LogP contribution in [0.4, 0.5) is 0 Å². The quantitative estimate of drug-likeness (QED) is 0.195. The van der Waals surface area contributed by atoms with Crippen LogP contribution in [0.5, 0.6) is 0 Å². The van der Waals surface area contributed by atoms with Crippen molar-refractivity contribution in [2.24, 2.45) is 17.8 Å². The van der Waals surface area contributed by atoms with Crippen LogP contribution < -0.4 is 5.32 Å². The van der Waals surface area contributed by atoms with Gasteiger partial charge in [-0.05, 0) is 248 Å². The molecule has 8 aliphatic heterocycles. The van der Waals surface area contributed by atoms with E-state index in [4.69, 9.17) is 0 Å². The van der Waals surface area contributed by atoms with Crippen LogP contribution in [-0.2, 0) is 6.54 Å².